The zero-order chi connectivity index (χ0) is 20.9. The molecule has 2 aromatic carbocycles. The number of carbonyl (C=O) groups is 1. The predicted octanol–water partition coefficient (Wildman–Crippen LogP) is 3.41. The van der Waals surface area contributed by atoms with Gasteiger partial charge in [-0.1, -0.05) is 24.3 Å². The number of hydrogen-bond donors (Lipinski definition) is 1. The molecule has 2 heterocycles. The van der Waals surface area contributed by atoms with Gasteiger partial charge in [-0.15, -0.1) is 0 Å². The van der Waals surface area contributed by atoms with Gasteiger partial charge in [0.05, 0.1) is 22.8 Å². The summed E-state index contributed by atoms with van der Waals surface area (Å²) >= 11 is 0. The summed E-state index contributed by atoms with van der Waals surface area (Å²) in [6.07, 6.45) is 3.31. The van der Waals surface area contributed by atoms with Crippen molar-refractivity contribution in [1.82, 2.24) is 9.13 Å². The van der Waals surface area contributed by atoms with Crippen molar-refractivity contribution in [2.45, 2.75) is 45.4 Å². The Labute approximate surface area is 175 Å². The maximum Gasteiger partial charge on any atom is 0.329 e. The van der Waals surface area contributed by atoms with Crippen molar-refractivity contribution in [3.8, 4) is 5.75 Å². The van der Waals surface area contributed by atoms with Gasteiger partial charge < -0.3 is 14.8 Å². The first-order valence-corrected chi connectivity index (χ1v) is 10.5. The zero-order valence-corrected chi connectivity index (χ0v) is 17.2. The third-order valence-electron chi connectivity index (χ3n) is 5.40. The molecule has 0 saturated carbocycles. The number of ether oxygens (including phenoxy) is 2. The molecule has 1 saturated heterocycles. The Hall–Kier alpha value is -3.06. The van der Waals surface area contributed by atoms with Gasteiger partial charge in [0.2, 0.25) is 5.91 Å². The number of fused-ring (bicyclic) bond motifs is 1. The molecule has 0 radical (unpaired) electrons. The van der Waals surface area contributed by atoms with Crippen molar-refractivity contribution in [2.75, 3.05) is 18.5 Å². The molecule has 1 aliphatic rings. The summed E-state index contributed by atoms with van der Waals surface area (Å²) in [6.45, 7) is 3.63. The SMILES string of the molecule is CCn1c(=O)n(CC(=O)Nc2ccccc2OCC2CCCCO2)c2ccccc21. The summed E-state index contributed by atoms with van der Waals surface area (Å²) in [5, 5.41) is 2.89. The monoisotopic (exact) mass is 409 g/mol. The van der Waals surface area contributed by atoms with Crippen molar-refractivity contribution in [3.63, 3.8) is 0 Å². The lowest BCUT2D eigenvalue weighted by Gasteiger charge is -2.23. The maximum absolute atomic E-state index is 12.8. The van der Waals surface area contributed by atoms with E-state index < -0.39 is 0 Å². The normalized spacial score (nSPS) is 16.5. The van der Waals surface area contributed by atoms with Crippen LogP contribution in [0.15, 0.2) is 53.3 Å². The average Bonchev–Trinajstić information content (AvgIpc) is 3.04. The van der Waals surface area contributed by atoms with E-state index in [1.54, 1.807) is 10.6 Å². The number of para-hydroxylation sites is 4. The molecule has 1 amide bonds. The topological polar surface area (TPSA) is 74.5 Å². The van der Waals surface area contributed by atoms with E-state index in [-0.39, 0.29) is 24.2 Å². The molecule has 0 spiro atoms. The van der Waals surface area contributed by atoms with E-state index in [0.717, 1.165) is 36.9 Å². The number of aryl methyl sites for hydroxylation is 1. The second kappa shape index (κ2) is 9.17. The fraction of sp³-hybridized carbons (Fsp3) is 0.391. The van der Waals surface area contributed by atoms with Gasteiger partial charge in [0, 0.05) is 13.2 Å². The first-order valence-electron chi connectivity index (χ1n) is 10.5. The highest BCUT2D eigenvalue weighted by molar-refractivity contribution is 5.93. The summed E-state index contributed by atoms with van der Waals surface area (Å²) in [5.74, 6) is 0.324. The van der Waals surface area contributed by atoms with E-state index in [1.165, 1.54) is 4.57 Å². The Bertz CT molecular complexity index is 1080. The number of carbonyl (C=O) groups excluding carboxylic acids is 1. The molecule has 7 nitrogen and oxygen atoms in total. The highest BCUT2D eigenvalue weighted by Crippen LogP contribution is 2.25. The van der Waals surface area contributed by atoms with Crippen LogP contribution in [-0.4, -0.2) is 34.4 Å². The molecule has 0 bridgehead atoms. The third kappa shape index (κ3) is 4.26. The highest BCUT2D eigenvalue weighted by Gasteiger charge is 2.17. The summed E-state index contributed by atoms with van der Waals surface area (Å²) in [6, 6.07) is 14.8. The molecule has 3 aromatic rings. The largest absolute Gasteiger partial charge is 0.489 e. The van der Waals surface area contributed by atoms with Gasteiger partial charge in [0.1, 0.15) is 18.9 Å². The average molecular weight is 409 g/mol. The van der Waals surface area contributed by atoms with Crippen LogP contribution in [-0.2, 0) is 22.6 Å². The van der Waals surface area contributed by atoms with E-state index in [0.29, 0.717) is 24.6 Å². The minimum Gasteiger partial charge on any atom is -0.489 e. The van der Waals surface area contributed by atoms with Crippen LogP contribution >= 0.6 is 0 Å². The Morgan fingerprint density at radius 3 is 2.57 bits per heavy atom. The maximum atomic E-state index is 12.8. The standard InChI is InChI=1S/C23H27N3O4/c1-2-25-19-11-4-5-12-20(19)26(23(25)28)15-22(27)24-18-10-3-6-13-21(18)30-16-17-9-7-8-14-29-17/h3-6,10-13,17H,2,7-9,14-16H2,1H3,(H,24,27). The van der Waals surface area contributed by atoms with Gasteiger partial charge in [-0.05, 0) is 50.5 Å². The van der Waals surface area contributed by atoms with Gasteiger partial charge >= 0.3 is 5.69 Å². The van der Waals surface area contributed by atoms with E-state index in [4.69, 9.17) is 9.47 Å². The molecule has 0 aliphatic carbocycles. The summed E-state index contributed by atoms with van der Waals surface area (Å²) in [5.41, 5.74) is 1.98. The van der Waals surface area contributed by atoms with Crippen LogP contribution in [0.1, 0.15) is 26.2 Å². The van der Waals surface area contributed by atoms with Gasteiger partial charge in [-0.25, -0.2) is 4.79 Å². The first-order chi connectivity index (χ1) is 14.7. The van der Waals surface area contributed by atoms with Gasteiger partial charge in [-0.2, -0.15) is 0 Å². The Morgan fingerprint density at radius 2 is 1.83 bits per heavy atom. The Balaban J connectivity index is 1.48. The minimum atomic E-state index is -0.277. The lowest BCUT2D eigenvalue weighted by Crippen LogP contribution is -2.29. The second-order valence-electron chi connectivity index (χ2n) is 7.45. The van der Waals surface area contributed by atoms with Crippen molar-refractivity contribution in [1.29, 1.82) is 0 Å². The highest BCUT2D eigenvalue weighted by atomic mass is 16.5. The van der Waals surface area contributed by atoms with Gasteiger partial charge in [-0.3, -0.25) is 13.9 Å². The number of nitrogens with zero attached hydrogens (tertiary/aromatic N) is 2. The number of hydrogen-bond acceptors (Lipinski definition) is 4. The van der Waals surface area contributed by atoms with Crippen molar-refractivity contribution in [3.05, 3.63) is 59.0 Å². The van der Waals surface area contributed by atoms with Crippen molar-refractivity contribution >= 4 is 22.6 Å². The fourth-order valence-corrected chi connectivity index (χ4v) is 3.88. The van der Waals surface area contributed by atoms with Gasteiger partial charge in [0.15, 0.2) is 0 Å². The van der Waals surface area contributed by atoms with Crippen LogP contribution in [0.25, 0.3) is 11.0 Å². The molecule has 30 heavy (non-hydrogen) atoms. The number of nitrogens with one attached hydrogen (secondary N) is 1. The van der Waals surface area contributed by atoms with Crippen LogP contribution in [0, 0.1) is 0 Å². The van der Waals surface area contributed by atoms with Crippen LogP contribution < -0.4 is 15.7 Å². The Morgan fingerprint density at radius 1 is 1.10 bits per heavy atom. The second-order valence-corrected chi connectivity index (χ2v) is 7.45. The molecule has 7 heteroatoms. The number of benzene rings is 2. The lowest BCUT2D eigenvalue weighted by molar-refractivity contribution is -0.116. The molecule has 1 atom stereocenters. The number of rotatable bonds is 7. The molecule has 1 N–H and O–H groups in total. The minimum absolute atomic E-state index is 0.0631. The molecule has 1 aromatic heterocycles. The zero-order valence-electron chi connectivity index (χ0n) is 17.2. The number of amides is 1. The number of imidazole rings is 1. The smallest absolute Gasteiger partial charge is 0.329 e. The molecule has 4 rings (SSSR count). The first kappa shape index (κ1) is 20.2. The van der Waals surface area contributed by atoms with Crippen LogP contribution in [0.3, 0.4) is 0 Å². The van der Waals surface area contributed by atoms with E-state index in [1.807, 2.05) is 49.4 Å². The summed E-state index contributed by atoms with van der Waals surface area (Å²) < 4.78 is 14.8. The fourth-order valence-electron chi connectivity index (χ4n) is 3.88. The quantitative estimate of drug-likeness (QED) is 0.649. The number of aromatic nitrogens is 2. The molecular formula is C23H27N3O4. The molecule has 158 valence electrons. The van der Waals surface area contributed by atoms with Crippen molar-refractivity contribution in [2.24, 2.45) is 0 Å². The summed E-state index contributed by atoms with van der Waals surface area (Å²) in [7, 11) is 0. The summed E-state index contributed by atoms with van der Waals surface area (Å²) in [4.78, 5) is 25.5. The van der Waals surface area contributed by atoms with E-state index in [2.05, 4.69) is 5.32 Å². The number of anilines is 1. The Kier molecular flexibility index (Phi) is 6.18. The van der Waals surface area contributed by atoms with Crippen molar-refractivity contribution < 1.29 is 14.3 Å². The predicted molar refractivity (Wildman–Crippen MR) is 116 cm³/mol. The molecule has 1 fully saturated rings. The van der Waals surface area contributed by atoms with E-state index in [9.17, 15) is 9.59 Å². The van der Waals surface area contributed by atoms with Crippen LogP contribution in [0.4, 0.5) is 5.69 Å². The lowest BCUT2D eigenvalue weighted by atomic mass is 10.1. The molecule has 1 aliphatic heterocycles. The van der Waals surface area contributed by atoms with Gasteiger partial charge in [0.25, 0.3) is 0 Å². The third-order valence-corrected chi connectivity index (χ3v) is 5.40. The van der Waals surface area contributed by atoms with Crippen LogP contribution in [0.2, 0.25) is 0 Å². The van der Waals surface area contributed by atoms with E-state index >= 15 is 0 Å². The molecule has 1 unspecified atom stereocenters. The van der Waals surface area contributed by atoms with Crippen LogP contribution in [0.5, 0.6) is 5.75 Å². The molecular weight excluding hydrogens is 382 g/mol.